The van der Waals surface area contributed by atoms with Gasteiger partial charge in [-0.3, -0.25) is 0 Å². The molecule has 144 valence electrons. The molecular formula is C24H31NO2. The second-order valence-corrected chi connectivity index (χ2v) is 8.07. The third-order valence-corrected chi connectivity index (χ3v) is 6.18. The van der Waals surface area contributed by atoms with E-state index in [4.69, 9.17) is 4.74 Å². The predicted molar refractivity (Wildman–Crippen MR) is 109 cm³/mol. The van der Waals surface area contributed by atoms with Crippen molar-refractivity contribution >= 4 is 0 Å². The van der Waals surface area contributed by atoms with E-state index >= 15 is 0 Å². The Labute approximate surface area is 163 Å². The summed E-state index contributed by atoms with van der Waals surface area (Å²) in [7, 11) is 0. The van der Waals surface area contributed by atoms with E-state index < -0.39 is 0 Å². The number of aliphatic hydroxyl groups excluding tert-OH is 1. The summed E-state index contributed by atoms with van der Waals surface area (Å²) in [6, 6.07) is 16.5. The molecule has 1 aliphatic carbocycles. The molecule has 0 aromatic heterocycles. The summed E-state index contributed by atoms with van der Waals surface area (Å²) < 4.78 is 5.96. The summed E-state index contributed by atoms with van der Waals surface area (Å²) in [5.74, 6) is 1.28. The standard InChI is InChI=1S/C24H31NO2/c26-24-20(13-16-25-14-5-2-6-15-25)9-10-21-17-22(11-12-23(21)24)27-18-19-7-3-1-4-8-19/h1,3-4,7-8,11-12,17,20,24,26H,2,5-6,9-10,13-16,18H2/t20-,24?/m0/s1. The first-order chi connectivity index (χ1) is 13.3. The van der Waals surface area contributed by atoms with E-state index in [1.54, 1.807) is 0 Å². The van der Waals surface area contributed by atoms with Gasteiger partial charge >= 0.3 is 0 Å². The second kappa shape index (κ2) is 8.90. The van der Waals surface area contributed by atoms with Crippen LogP contribution in [0.3, 0.4) is 0 Å². The van der Waals surface area contributed by atoms with E-state index in [1.807, 2.05) is 24.3 Å². The van der Waals surface area contributed by atoms with Crippen LogP contribution in [0.2, 0.25) is 0 Å². The van der Waals surface area contributed by atoms with E-state index in [0.717, 1.165) is 37.1 Å². The molecule has 3 nitrogen and oxygen atoms in total. The van der Waals surface area contributed by atoms with E-state index in [9.17, 15) is 5.11 Å². The zero-order valence-corrected chi connectivity index (χ0v) is 16.1. The van der Waals surface area contributed by atoms with Crippen molar-refractivity contribution in [3.63, 3.8) is 0 Å². The molecule has 1 saturated heterocycles. The summed E-state index contributed by atoms with van der Waals surface area (Å²) in [5, 5.41) is 10.9. The van der Waals surface area contributed by atoms with Crippen LogP contribution >= 0.6 is 0 Å². The van der Waals surface area contributed by atoms with Crippen LogP contribution < -0.4 is 4.74 Å². The minimum absolute atomic E-state index is 0.332. The largest absolute Gasteiger partial charge is 0.489 e. The number of likely N-dealkylation sites (tertiary alicyclic amines) is 1. The maximum atomic E-state index is 10.9. The summed E-state index contributed by atoms with van der Waals surface area (Å²) in [6.07, 6.45) is 6.94. The molecule has 0 saturated carbocycles. The van der Waals surface area contributed by atoms with Crippen molar-refractivity contribution in [3.8, 4) is 5.75 Å². The fraction of sp³-hybridized carbons (Fsp3) is 0.500. The molecule has 1 heterocycles. The van der Waals surface area contributed by atoms with Crippen molar-refractivity contribution in [1.29, 1.82) is 0 Å². The number of aliphatic hydroxyl groups is 1. The monoisotopic (exact) mass is 365 g/mol. The van der Waals surface area contributed by atoms with Crippen LogP contribution in [-0.4, -0.2) is 29.6 Å². The Morgan fingerprint density at radius 3 is 2.63 bits per heavy atom. The highest BCUT2D eigenvalue weighted by molar-refractivity contribution is 5.39. The summed E-state index contributed by atoms with van der Waals surface area (Å²) in [6.45, 7) is 4.19. The van der Waals surface area contributed by atoms with Crippen LogP contribution in [0.5, 0.6) is 5.75 Å². The molecule has 0 bridgehead atoms. The first-order valence-corrected chi connectivity index (χ1v) is 10.5. The van der Waals surface area contributed by atoms with Gasteiger partial charge in [0.1, 0.15) is 12.4 Å². The summed E-state index contributed by atoms with van der Waals surface area (Å²) in [4.78, 5) is 2.58. The minimum atomic E-state index is -0.332. The Morgan fingerprint density at radius 1 is 1.00 bits per heavy atom. The average Bonchev–Trinajstić information content (AvgIpc) is 2.73. The molecule has 3 heteroatoms. The van der Waals surface area contributed by atoms with Crippen LogP contribution in [0, 0.1) is 5.92 Å². The molecular weight excluding hydrogens is 334 g/mol. The number of piperidine rings is 1. The number of hydrogen-bond acceptors (Lipinski definition) is 3. The van der Waals surface area contributed by atoms with Gasteiger partial charge in [0.15, 0.2) is 0 Å². The number of fused-ring (bicyclic) bond motifs is 1. The van der Waals surface area contributed by atoms with Crippen molar-refractivity contribution in [2.24, 2.45) is 5.92 Å². The molecule has 1 unspecified atom stereocenters. The highest BCUT2D eigenvalue weighted by Crippen LogP contribution is 2.38. The van der Waals surface area contributed by atoms with Crippen LogP contribution in [0.15, 0.2) is 48.5 Å². The zero-order valence-electron chi connectivity index (χ0n) is 16.1. The van der Waals surface area contributed by atoms with Crippen molar-refractivity contribution in [1.82, 2.24) is 4.90 Å². The van der Waals surface area contributed by atoms with Gasteiger partial charge in [0.25, 0.3) is 0 Å². The normalized spacial score (nSPS) is 23.0. The average molecular weight is 366 g/mol. The van der Waals surface area contributed by atoms with Gasteiger partial charge in [-0.2, -0.15) is 0 Å². The fourth-order valence-corrected chi connectivity index (χ4v) is 4.50. The number of ether oxygens (including phenoxy) is 1. The maximum Gasteiger partial charge on any atom is 0.120 e. The maximum absolute atomic E-state index is 10.9. The lowest BCUT2D eigenvalue weighted by atomic mass is 9.79. The van der Waals surface area contributed by atoms with Gasteiger partial charge in [0.05, 0.1) is 6.10 Å². The summed E-state index contributed by atoms with van der Waals surface area (Å²) in [5.41, 5.74) is 3.53. The first kappa shape index (κ1) is 18.5. The lowest BCUT2D eigenvalue weighted by molar-refractivity contribution is 0.0779. The highest BCUT2D eigenvalue weighted by atomic mass is 16.5. The Morgan fingerprint density at radius 2 is 1.81 bits per heavy atom. The lowest BCUT2D eigenvalue weighted by Gasteiger charge is -2.33. The molecule has 1 N–H and O–H groups in total. The van der Waals surface area contributed by atoms with Crippen molar-refractivity contribution in [2.45, 2.75) is 51.2 Å². The van der Waals surface area contributed by atoms with Gasteiger partial charge in [-0.25, -0.2) is 0 Å². The molecule has 2 atom stereocenters. The van der Waals surface area contributed by atoms with Crippen molar-refractivity contribution in [2.75, 3.05) is 19.6 Å². The lowest BCUT2D eigenvalue weighted by Crippen LogP contribution is -2.33. The third-order valence-electron chi connectivity index (χ3n) is 6.18. The Kier molecular flexibility index (Phi) is 6.10. The molecule has 2 aromatic rings. The van der Waals surface area contributed by atoms with E-state index in [2.05, 4.69) is 29.2 Å². The molecule has 0 spiro atoms. The van der Waals surface area contributed by atoms with Crippen molar-refractivity contribution < 1.29 is 9.84 Å². The number of aryl methyl sites for hydroxylation is 1. The van der Waals surface area contributed by atoms with E-state index in [0.29, 0.717) is 12.5 Å². The van der Waals surface area contributed by atoms with Gasteiger partial charge in [0.2, 0.25) is 0 Å². The molecule has 27 heavy (non-hydrogen) atoms. The fourth-order valence-electron chi connectivity index (χ4n) is 4.50. The zero-order chi connectivity index (χ0) is 18.5. The molecule has 2 aliphatic rings. The molecule has 0 radical (unpaired) electrons. The number of benzene rings is 2. The van der Waals surface area contributed by atoms with E-state index in [-0.39, 0.29) is 6.10 Å². The second-order valence-electron chi connectivity index (χ2n) is 8.07. The molecule has 1 aliphatic heterocycles. The number of rotatable bonds is 6. The van der Waals surface area contributed by atoms with Crippen LogP contribution in [0.4, 0.5) is 0 Å². The molecule has 0 amide bonds. The minimum Gasteiger partial charge on any atom is -0.489 e. The molecule has 2 aromatic carbocycles. The number of hydrogen-bond donors (Lipinski definition) is 1. The number of nitrogens with zero attached hydrogens (tertiary/aromatic N) is 1. The smallest absolute Gasteiger partial charge is 0.120 e. The Hall–Kier alpha value is -1.84. The SMILES string of the molecule is OC1c2ccc(OCc3ccccc3)cc2CC[C@H]1CCN1CCCCC1. The quantitative estimate of drug-likeness (QED) is 0.803. The first-order valence-electron chi connectivity index (χ1n) is 10.5. The van der Waals surface area contributed by atoms with Gasteiger partial charge in [-0.15, -0.1) is 0 Å². The van der Waals surface area contributed by atoms with E-state index in [1.165, 1.54) is 43.5 Å². The van der Waals surface area contributed by atoms with Gasteiger partial charge in [0, 0.05) is 0 Å². The van der Waals surface area contributed by atoms with Gasteiger partial charge in [-0.1, -0.05) is 42.8 Å². The van der Waals surface area contributed by atoms with Crippen LogP contribution in [-0.2, 0) is 13.0 Å². The highest BCUT2D eigenvalue weighted by Gasteiger charge is 2.28. The predicted octanol–water partition coefficient (Wildman–Crippen LogP) is 4.74. The van der Waals surface area contributed by atoms with Crippen LogP contribution in [0.25, 0.3) is 0 Å². The summed E-state index contributed by atoms with van der Waals surface area (Å²) >= 11 is 0. The van der Waals surface area contributed by atoms with Crippen LogP contribution in [0.1, 0.15) is 54.9 Å². The Bertz CT molecular complexity index is 724. The Balaban J connectivity index is 1.34. The third kappa shape index (κ3) is 4.72. The molecule has 1 fully saturated rings. The van der Waals surface area contributed by atoms with Gasteiger partial charge in [-0.05, 0) is 86.5 Å². The van der Waals surface area contributed by atoms with Crippen molar-refractivity contribution in [3.05, 3.63) is 65.2 Å². The van der Waals surface area contributed by atoms with Gasteiger partial charge < -0.3 is 14.7 Å². The topological polar surface area (TPSA) is 32.7 Å². The molecule has 4 rings (SSSR count).